The van der Waals surface area contributed by atoms with Crippen molar-refractivity contribution in [3.05, 3.63) is 65.7 Å². The average Bonchev–Trinajstić information content (AvgIpc) is 3.14. The summed E-state index contributed by atoms with van der Waals surface area (Å²) in [6.45, 7) is 3.58. The summed E-state index contributed by atoms with van der Waals surface area (Å²) in [6, 6.07) is 11.0. The van der Waals surface area contributed by atoms with Gasteiger partial charge in [0, 0.05) is 5.69 Å². The van der Waals surface area contributed by atoms with E-state index in [1.807, 2.05) is 6.92 Å². The number of fused-ring (bicyclic) bond motifs is 1. The molecule has 1 atom stereocenters. The molecule has 1 aliphatic rings. The van der Waals surface area contributed by atoms with Crippen molar-refractivity contribution >= 4 is 23.2 Å². The van der Waals surface area contributed by atoms with Crippen LogP contribution in [0, 0.1) is 5.82 Å². The maximum absolute atomic E-state index is 13.2. The fourth-order valence-corrected chi connectivity index (χ4v) is 3.19. The summed E-state index contributed by atoms with van der Waals surface area (Å²) in [4.78, 5) is 24.6. The zero-order chi connectivity index (χ0) is 20.5. The molecule has 7 nitrogen and oxygen atoms in total. The number of benzene rings is 2. The van der Waals surface area contributed by atoms with Crippen molar-refractivity contribution < 1.29 is 18.7 Å². The van der Waals surface area contributed by atoms with Gasteiger partial charge in [0.15, 0.2) is 6.10 Å². The standard InChI is InChI=1S/C21H19FN4O3/c1-3-18-16(11-23-26(18)15-7-4-13(22)5-8-15)21(28)24-14-6-9-19-17(10-14)25-20(27)12(2)29-19/h4-12H,3H2,1-2H3,(H,24,28)(H,25,27). The van der Waals surface area contributed by atoms with Gasteiger partial charge < -0.3 is 15.4 Å². The van der Waals surface area contributed by atoms with E-state index < -0.39 is 6.10 Å². The van der Waals surface area contributed by atoms with Crippen molar-refractivity contribution in [1.82, 2.24) is 9.78 Å². The lowest BCUT2D eigenvalue weighted by Gasteiger charge is -2.23. The highest BCUT2D eigenvalue weighted by molar-refractivity contribution is 6.06. The van der Waals surface area contributed by atoms with Crippen molar-refractivity contribution in [2.75, 3.05) is 10.6 Å². The molecule has 0 saturated carbocycles. The Morgan fingerprint density at radius 3 is 2.76 bits per heavy atom. The number of aromatic nitrogens is 2. The Balaban J connectivity index is 1.59. The van der Waals surface area contributed by atoms with Crippen LogP contribution in [-0.4, -0.2) is 27.7 Å². The number of hydrogen-bond acceptors (Lipinski definition) is 4. The number of carbonyl (C=O) groups excluding carboxylic acids is 2. The lowest BCUT2D eigenvalue weighted by Crippen LogP contribution is -2.34. The molecule has 2 N–H and O–H groups in total. The van der Waals surface area contributed by atoms with Gasteiger partial charge in [-0.3, -0.25) is 9.59 Å². The number of nitrogens with zero attached hydrogens (tertiary/aromatic N) is 2. The van der Waals surface area contributed by atoms with Crippen molar-refractivity contribution in [1.29, 1.82) is 0 Å². The minimum Gasteiger partial charge on any atom is -0.479 e. The molecule has 0 spiro atoms. The SMILES string of the molecule is CCc1c(C(=O)Nc2ccc3c(c2)NC(=O)C(C)O3)cnn1-c1ccc(F)cc1. The number of nitrogens with one attached hydrogen (secondary N) is 2. The first-order valence-electron chi connectivity index (χ1n) is 9.22. The fraction of sp³-hybridized carbons (Fsp3) is 0.190. The van der Waals surface area contributed by atoms with E-state index in [9.17, 15) is 14.0 Å². The quantitative estimate of drug-likeness (QED) is 0.709. The van der Waals surface area contributed by atoms with E-state index in [0.29, 0.717) is 40.5 Å². The number of ether oxygens (including phenoxy) is 1. The largest absolute Gasteiger partial charge is 0.479 e. The lowest BCUT2D eigenvalue weighted by molar-refractivity contribution is -0.122. The predicted molar refractivity (Wildman–Crippen MR) is 106 cm³/mol. The highest BCUT2D eigenvalue weighted by Crippen LogP contribution is 2.32. The Hall–Kier alpha value is -3.68. The van der Waals surface area contributed by atoms with Crippen LogP contribution in [0.1, 0.15) is 29.9 Å². The summed E-state index contributed by atoms with van der Waals surface area (Å²) in [7, 11) is 0. The fourth-order valence-electron chi connectivity index (χ4n) is 3.19. The maximum atomic E-state index is 13.2. The summed E-state index contributed by atoms with van der Waals surface area (Å²) >= 11 is 0. The minimum atomic E-state index is -0.563. The average molecular weight is 394 g/mol. The van der Waals surface area contributed by atoms with Gasteiger partial charge in [-0.05, 0) is 55.8 Å². The van der Waals surface area contributed by atoms with Gasteiger partial charge >= 0.3 is 0 Å². The van der Waals surface area contributed by atoms with Crippen LogP contribution in [0.5, 0.6) is 5.75 Å². The first-order valence-corrected chi connectivity index (χ1v) is 9.22. The number of anilines is 2. The smallest absolute Gasteiger partial charge is 0.265 e. The molecule has 3 aromatic rings. The monoisotopic (exact) mass is 394 g/mol. The molecule has 1 unspecified atom stereocenters. The van der Waals surface area contributed by atoms with Crippen molar-refractivity contribution in [3.8, 4) is 11.4 Å². The van der Waals surface area contributed by atoms with Gasteiger partial charge in [0.1, 0.15) is 11.6 Å². The topological polar surface area (TPSA) is 85.2 Å². The summed E-state index contributed by atoms with van der Waals surface area (Å²) < 4.78 is 20.3. The second-order valence-electron chi connectivity index (χ2n) is 6.66. The van der Waals surface area contributed by atoms with Gasteiger partial charge in [0.2, 0.25) is 0 Å². The molecule has 1 aliphatic heterocycles. The molecular formula is C21H19FN4O3. The molecule has 0 fully saturated rings. The van der Waals surface area contributed by atoms with Crippen LogP contribution in [0.15, 0.2) is 48.7 Å². The molecule has 2 heterocycles. The van der Waals surface area contributed by atoms with E-state index in [4.69, 9.17) is 4.74 Å². The molecule has 0 aliphatic carbocycles. The van der Waals surface area contributed by atoms with Gasteiger partial charge in [0.25, 0.3) is 11.8 Å². The third-order valence-electron chi connectivity index (χ3n) is 4.69. The number of amides is 2. The molecule has 4 rings (SSSR count). The summed E-state index contributed by atoms with van der Waals surface area (Å²) in [6.07, 6.45) is 1.49. The highest BCUT2D eigenvalue weighted by Gasteiger charge is 2.24. The molecule has 148 valence electrons. The highest BCUT2D eigenvalue weighted by atomic mass is 19.1. The second kappa shape index (κ2) is 7.38. The van der Waals surface area contributed by atoms with E-state index in [1.54, 1.807) is 41.9 Å². The van der Waals surface area contributed by atoms with Gasteiger partial charge in [0.05, 0.1) is 28.8 Å². The minimum absolute atomic E-state index is 0.241. The van der Waals surface area contributed by atoms with Gasteiger partial charge in [-0.2, -0.15) is 5.10 Å². The summed E-state index contributed by atoms with van der Waals surface area (Å²) in [5.41, 5.74) is 2.82. The number of rotatable bonds is 4. The zero-order valence-corrected chi connectivity index (χ0v) is 15.9. The molecule has 1 aromatic heterocycles. The van der Waals surface area contributed by atoms with Crippen molar-refractivity contribution in [2.45, 2.75) is 26.4 Å². The number of halogens is 1. The first kappa shape index (κ1) is 18.7. The van der Waals surface area contributed by atoms with Crippen LogP contribution in [0.4, 0.5) is 15.8 Å². The Kier molecular flexibility index (Phi) is 4.75. The Bertz CT molecular complexity index is 1090. The molecule has 2 amide bonds. The van der Waals surface area contributed by atoms with E-state index in [2.05, 4.69) is 15.7 Å². The number of hydrogen-bond donors (Lipinski definition) is 2. The summed E-state index contributed by atoms with van der Waals surface area (Å²) in [5, 5.41) is 9.87. The van der Waals surface area contributed by atoms with Crippen molar-refractivity contribution in [2.24, 2.45) is 0 Å². The van der Waals surface area contributed by atoms with Crippen LogP contribution < -0.4 is 15.4 Å². The molecule has 0 radical (unpaired) electrons. The molecular weight excluding hydrogens is 375 g/mol. The second-order valence-corrected chi connectivity index (χ2v) is 6.66. The summed E-state index contributed by atoms with van der Waals surface area (Å²) in [5.74, 6) is -0.357. The van der Waals surface area contributed by atoms with Gasteiger partial charge in [-0.15, -0.1) is 0 Å². The van der Waals surface area contributed by atoms with Crippen LogP contribution >= 0.6 is 0 Å². The normalized spacial score (nSPS) is 15.3. The Morgan fingerprint density at radius 1 is 1.28 bits per heavy atom. The zero-order valence-electron chi connectivity index (χ0n) is 15.9. The molecule has 8 heteroatoms. The first-order chi connectivity index (χ1) is 14.0. The van der Waals surface area contributed by atoms with E-state index >= 15 is 0 Å². The van der Waals surface area contributed by atoms with Crippen LogP contribution in [0.2, 0.25) is 0 Å². The third-order valence-corrected chi connectivity index (χ3v) is 4.69. The molecule has 2 aromatic carbocycles. The van der Waals surface area contributed by atoms with E-state index in [-0.39, 0.29) is 17.6 Å². The molecule has 0 saturated heterocycles. The van der Waals surface area contributed by atoms with E-state index in [1.165, 1.54) is 18.3 Å². The van der Waals surface area contributed by atoms with Gasteiger partial charge in [-0.1, -0.05) is 6.92 Å². The Labute approximate surface area is 166 Å². The van der Waals surface area contributed by atoms with Crippen LogP contribution in [0.25, 0.3) is 5.69 Å². The molecule has 0 bridgehead atoms. The van der Waals surface area contributed by atoms with E-state index in [0.717, 1.165) is 0 Å². The van der Waals surface area contributed by atoms with Gasteiger partial charge in [-0.25, -0.2) is 9.07 Å². The van der Waals surface area contributed by atoms with Crippen LogP contribution in [-0.2, 0) is 11.2 Å². The molecule has 29 heavy (non-hydrogen) atoms. The Morgan fingerprint density at radius 2 is 2.03 bits per heavy atom. The predicted octanol–water partition coefficient (Wildman–Crippen LogP) is 3.55. The number of carbonyl (C=O) groups is 2. The van der Waals surface area contributed by atoms with Crippen molar-refractivity contribution in [3.63, 3.8) is 0 Å². The third kappa shape index (κ3) is 3.56. The van der Waals surface area contributed by atoms with Crippen LogP contribution in [0.3, 0.4) is 0 Å². The lowest BCUT2D eigenvalue weighted by atomic mass is 10.1. The maximum Gasteiger partial charge on any atom is 0.265 e.